The Labute approximate surface area is 177 Å². The van der Waals surface area contributed by atoms with E-state index in [9.17, 15) is 14.4 Å². The predicted molar refractivity (Wildman–Crippen MR) is 116 cm³/mol. The minimum atomic E-state index is -0.527. The summed E-state index contributed by atoms with van der Waals surface area (Å²) in [5.41, 5.74) is 1.33. The number of hydrogen-bond donors (Lipinski definition) is 2. The lowest BCUT2D eigenvalue weighted by molar-refractivity contribution is -0.130. The molecule has 9 heteroatoms. The second kappa shape index (κ2) is 8.91. The molecule has 1 aromatic carbocycles. The summed E-state index contributed by atoms with van der Waals surface area (Å²) in [6.45, 7) is 2.91. The van der Waals surface area contributed by atoms with Crippen molar-refractivity contribution in [2.45, 2.75) is 6.42 Å². The van der Waals surface area contributed by atoms with Gasteiger partial charge in [0.2, 0.25) is 5.91 Å². The van der Waals surface area contributed by atoms with E-state index >= 15 is 0 Å². The van der Waals surface area contributed by atoms with Crippen LogP contribution < -0.4 is 15.8 Å². The summed E-state index contributed by atoms with van der Waals surface area (Å²) in [5.74, 6) is -0.508. The lowest BCUT2D eigenvalue weighted by Crippen LogP contribution is -2.49. The zero-order valence-electron chi connectivity index (χ0n) is 16.2. The van der Waals surface area contributed by atoms with Gasteiger partial charge in [-0.25, -0.2) is 4.98 Å². The fraction of sp³-hybridized carbons (Fsp3) is 0.238. The lowest BCUT2D eigenvalue weighted by atomic mass is 10.2. The third kappa shape index (κ3) is 4.57. The molecule has 0 spiro atoms. The minimum absolute atomic E-state index is 0.0154. The number of nitrogens with one attached hydrogen (secondary N) is 2. The Morgan fingerprint density at radius 2 is 1.83 bits per heavy atom. The molecule has 2 amide bonds. The number of rotatable bonds is 5. The molecule has 4 rings (SSSR count). The number of pyridine rings is 1. The molecule has 1 aliphatic rings. The topological polar surface area (TPSA) is 98.4 Å². The first-order valence-electron chi connectivity index (χ1n) is 9.61. The predicted octanol–water partition coefficient (Wildman–Crippen LogP) is 1.97. The van der Waals surface area contributed by atoms with Crippen molar-refractivity contribution in [1.82, 2.24) is 14.9 Å². The van der Waals surface area contributed by atoms with E-state index in [0.29, 0.717) is 23.9 Å². The number of amides is 2. The molecule has 3 aromatic rings. The fourth-order valence-corrected chi connectivity index (χ4v) is 4.04. The van der Waals surface area contributed by atoms with Crippen LogP contribution in [0.25, 0.3) is 0 Å². The van der Waals surface area contributed by atoms with Gasteiger partial charge in [-0.1, -0.05) is 18.2 Å². The Kier molecular flexibility index (Phi) is 5.89. The third-order valence-corrected chi connectivity index (χ3v) is 5.73. The molecule has 1 fully saturated rings. The Balaban J connectivity index is 1.31. The van der Waals surface area contributed by atoms with Gasteiger partial charge in [-0.15, -0.1) is 11.3 Å². The molecule has 154 valence electrons. The second-order valence-electron chi connectivity index (χ2n) is 6.89. The van der Waals surface area contributed by atoms with Crippen molar-refractivity contribution in [2.75, 3.05) is 36.4 Å². The van der Waals surface area contributed by atoms with Crippen molar-refractivity contribution in [3.63, 3.8) is 0 Å². The lowest BCUT2D eigenvalue weighted by Gasteiger charge is -2.36. The van der Waals surface area contributed by atoms with Crippen molar-refractivity contribution in [2.24, 2.45) is 0 Å². The number of hydrogen-bond acceptors (Lipinski definition) is 6. The van der Waals surface area contributed by atoms with Crippen LogP contribution in [-0.4, -0.2) is 52.9 Å². The summed E-state index contributed by atoms with van der Waals surface area (Å²) < 4.78 is 0. The first-order chi connectivity index (χ1) is 14.6. The van der Waals surface area contributed by atoms with Crippen LogP contribution in [0.15, 0.2) is 58.8 Å². The maximum atomic E-state index is 12.6. The number of thiazole rings is 1. The molecule has 0 aliphatic carbocycles. The third-order valence-electron chi connectivity index (χ3n) is 4.92. The molecular formula is C21H21N5O3S. The van der Waals surface area contributed by atoms with E-state index in [-0.39, 0.29) is 17.9 Å². The normalized spacial score (nSPS) is 13.9. The number of carbonyl (C=O) groups is 2. The maximum Gasteiger partial charge on any atom is 0.263 e. The SMILES string of the molecule is O=C(Nc1nc(CC(=O)N2CCN(c3ccccc3)CC2)cs1)c1ccc[nH]c1=O. The molecule has 1 aliphatic heterocycles. The highest BCUT2D eigenvalue weighted by Crippen LogP contribution is 2.19. The zero-order chi connectivity index (χ0) is 20.9. The summed E-state index contributed by atoms with van der Waals surface area (Å²) in [5, 5.41) is 4.73. The average Bonchev–Trinajstić information content (AvgIpc) is 3.21. The molecule has 1 saturated heterocycles. The van der Waals surface area contributed by atoms with Crippen molar-refractivity contribution >= 4 is 34.0 Å². The number of anilines is 2. The van der Waals surface area contributed by atoms with E-state index in [1.807, 2.05) is 23.1 Å². The smallest absolute Gasteiger partial charge is 0.263 e. The first-order valence-corrected chi connectivity index (χ1v) is 10.5. The van der Waals surface area contributed by atoms with Crippen molar-refractivity contribution in [1.29, 1.82) is 0 Å². The Morgan fingerprint density at radius 1 is 1.07 bits per heavy atom. The fourth-order valence-electron chi connectivity index (χ4n) is 3.33. The van der Waals surface area contributed by atoms with Gasteiger partial charge in [0, 0.05) is 43.4 Å². The number of piperazine rings is 1. The highest BCUT2D eigenvalue weighted by molar-refractivity contribution is 7.14. The Hall–Kier alpha value is -3.46. The minimum Gasteiger partial charge on any atom is -0.368 e. The zero-order valence-corrected chi connectivity index (χ0v) is 17.0. The van der Waals surface area contributed by atoms with Crippen LogP contribution in [0, 0.1) is 0 Å². The highest BCUT2D eigenvalue weighted by Gasteiger charge is 2.22. The quantitative estimate of drug-likeness (QED) is 0.654. The molecule has 2 aromatic heterocycles. The summed E-state index contributed by atoms with van der Waals surface area (Å²) in [6.07, 6.45) is 1.65. The molecule has 0 radical (unpaired) electrons. The van der Waals surface area contributed by atoms with E-state index in [0.717, 1.165) is 13.1 Å². The number of aromatic nitrogens is 2. The number of para-hydroxylation sites is 1. The number of nitrogens with zero attached hydrogens (tertiary/aromatic N) is 3. The van der Waals surface area contributed by atoms with Crippen LogP contribution in [0.3, 0.4) is 0 Å². The van der Waals surface area contributed by atoms with E-state index in [2.05, 4.69) is 32.3 Å². The molecule has 30 heavy (non-hydrogen) atoms. The van der Waals surface area contributed by atoms with Crippen molar-refractivity contribution < 1.29 is 9.59 Å². The second-order valence-corrected chi connectivity index (χ2v) is 7.75. The highest BCUT2D eigenvalue weighted by atomic mass is 32.1. The number of carbonyl (C=O) groups excluding carboxylic acids is 2. The first kappa shape index (κ1) is 19.8. The van der Waals surface area contributed by atoms with Gasteiger partial charge in [0.1, 0.15) is 5.56 Å². The molecule has 3 heterocycles. The van der Waals surface area contributed by atoms with Crippen LogP contribution in [0.1, 0.15) is 16.1 Å². The number of benzene rings is 1. The summed E-state index contributed by atoms with van der Waals surface area (Å²) in [6, 6.07) is 13.2. The number of aromatic amines is 1. The van der Waals surface area contributed by atoms with Gasteiger partial charge in [0.15, 0.2) is 5.13 Å². The molecule has 0 atom stereocenters. The molecule has 0 bridgehead atoms. The van der Waals surface area contributed by atoms with E-state index in [1.54, 1.807) is 11.4 Å². The molecular weight excluding hydrogens is 402 g/mol. The van der Waals surface area contributed by atoms with Gasteiger partial charge >= 0.3 is 0 Å². The molecule has 0 saturated carbocycles. The number of H-pyrrole nitrogens is 1. The summed E-state index contributed by atoms with van der Waals surface area (Å²) in [4.78, 5) is 47.5. The standard InChI is InChI=1S/C21H21N5O3S/c27-18(26-11-9-25(10-12-26)16-5-2-1-3-6-16)13-15-14-30-21(23-15)24-20(29)17-7-4-8-22-19(17)28/h1-8,14H,9-13H2,(H,22,28)(H,23,24,29). The monoisotopic (exact) mass is 423 g/mol. The van der Waals surface area contributed by atoms with Crippen LogP contribution >= 0.6 is 11.3 Å². The van der Waals surface area contributed by atoms with Gasteiger partial charge in [0.25, 0.3) is 11.5 Å². The van der Waals surface area contributed by atoms with Crippen LogP contribution in [0.5, 0.6) is 0 Å². The average molecular weight is 423 g/mol. The van der Waals surface area contributed by atoms with Crippen LogP contribution in [0.4, 0.5) is 10.8 Å². The maximum absolute atomic E-state index is 12.6. The van der Waals surface area contributed by atoms with Crippen molar-refractivity contribution in [3.05, 3.63) is 75.7 Å². The van der Waals surface area contributed by atoms with E-state index in [1.165, 1.54) is 29.3 Å². The largest absolute Gasteiger partial charge is 0.368 e. The van der Waals surface area contributed by atoms with Gasteiger partial charge in [0.05, 0.1) is 12.1 Å². The van der Waals surface area contributed by atoms with Gasteiger partial charge in [-0.05, 0) is 24.3 Å². The molecule has 8 nitrogen and oxygen atoms in total. The van der Waals surface area contributed by atoms with Gasteiger partial charge in [-0.2, -0.15) is 0 Å². The van der Waals surface area contributed by atoms with Crippen LogP contribution in [-0.2, 0) is 11.2 Å². The Morgan fingerprint density at radius 3 is 2.57 bits per heavy atom. The Bertz CT molecular complexity index is 1090. The van der Waals surface area contributed by atoms with E-state index in [4.69, 9.17) is 0 Å². The summed E-state index contributed by atoms with van der Waals surface area (Å²) in [7, 11) is 0. The van der Waals surface area contributed by atoms with E-state index < -0.39 is 11.5 Å². The molecule has 2 N–H and O–H groups in total. The van der Waals surface area contributed by atoms with Gasteiger partial charge in [-0.3, -0.25) is 19.7 Å². The summed E-state index contributed by atoms with van der Waals surface area (Å²) >= 11 is 1.23. The van der Waals surface area contributed by atoms with Crippen molar-refractivity contribution in [3.8, 4) is 0 Å². The molecule has 0 unspecified atom stereocenters. The van der Waals surface area contributed by atoms with Crippen LogP contribution in [0.2, 0.25) is 0 Å². The van der Waals surface area contributed by atoms with Gasteiger partial charge < -0.3 is 14.8 Å².